The quantitative estimate of drug-likeness (QED) is 0.894. The molecule has 2 aromatic carbocycles. The molecule has 1 heterocycles. The number of hydrogen-bond donors (Lipinski definition) is 1. The van der Waals surface area contributed by atoms with E-state index in [1.165, 1.54) is 26.5 Å². The highest BCUT2D eigenvalue weighted by Crippen LogP contribution is 2.52. The summed E-state index contributed by atoms with van der Waals surface area (Å²) in [6.45, 7) is 4.44. The number of aliphatic hydroxyl groups excluding tert-OH is 1. The van der Waals surface area contributed by atoms with Gasteiger partial charge < -0.3 is 5.11 Å². The molecule has 0 aromatic heterocycles. The van der Waals surface area contributed by atoms with Gasteiger partial charge in [-0.3, -0.25) is 0 Å². The van der Waals surface area contributed by atoms with E-state index in [2.05, 4.69) is 56.3 Å². The van der Waals surface area contributed by atoms with Crippen molar-refractivity contribution in [3.8, 4) is 0 Å². The monoisotopic (exact) mass is 302 g/mol. The van der Waals surface area contributed by atoms with Crippen molar-refractivity contribution in [1.29, 1.82) is 0 Å². The molecule has 3 heteroatoms. The summed E-state index contributed by atoms with van der Waals surface area (Å²) in [5, 5.41) is 9.91. The SMILES string of the molecule is Cc1ccc(C)c([C@H](CO)C2Sc3ccccc3S2)c1. The van der Waals surface area contributed by atoms with Gasteiger partial charge in [-0.25, -0.2) is 0 Å². The Morgan fingerprint density at radius 1 is 1.05 bits per heavy atom. The van der Waals surface area contributed by atoms with E-state index >= 15 is 0 Å². The molecule has 0 spiro atoms. The van der Waals surface area contributed by atoms with Crippen LogP contribution >= 0.6 is 23.5 Å². The van der Waals surface area contributed by atoms with E-state index in [4.69, 9.17) is 0 Å². The van der Waals surface area contributed by atoms with E-state index in [0.717, 1.165) is 0 Å². The zero-order chi connectivity index (χ0) is 14.1. The highest BCUT2D eigenvalue weighted by atomic mass is 32.2. The molecule has 104 valence electrons. The molecule has 0 saturated heterocycles. The van der Waals surface area contributed by atoms with Crippen LogP contribution in [0.25, 0.3) is 0 Å². The molecule has 0 aliphatic carbocycles. The van der Waals surface area contributed by atoms with E-state index in [9.17, 15) is 5.11 Å². The first-order valence-corrected chi connectivity index (χ1v) is 8.55. The van der Waals surface area contributed by atoms with Gasteiger partial charge >= 0.3 is 0 Å². The Hall–Kier alpha value is -0.900. The van der Waals surface area contributed by atoms with Crippen molar-refractivity contribution in [1.82, 2.24) is 0 Å². The van der Waals surface area contributed by atoms with Gasteiger partial charge in [0.15, 0.2) is 0 Å². The third-order valence-electron chi connectivity index (χ3n) is 3.69. The molecule has 0 saturated carbocycles. The van der Waals surface area contributed by atoms with Crippen LogP contribution < -0.4 is 0 Å². The van der Waals surface area contributed by atoms with Crippen molar-refractivity contribution in [3.63, 3.8) is 0 Å². The van der Waals surface area contributed by atoms with E-state index < -0.39 is 0 Å². The Morgan fingerprint density at radius 2 is 1.70 bits per heavy atom. The first-order chi connectivity index (χ1) is 9.69. The maximum atomic E-state index is 9.91. The van der Waals surface area contributed by atoms with Gasteiger partial charge in [-0.05, 0) is 37.1 Å². The van der Waals surface area contributed by atoms with E-state index in [1.54, 1.807) is 0 Å². The molecule has 2 aromatic rings. The van der Waals surface area contributed by atoms with Crippen LogP contribution in [0, 0.1) is 13.8 Å². The van der Waals surface area contributed by atoms with Gasteiger partial charge in [0.1, 0.15) is 0 Å². The molecule has 1 N–H and O–H groups in total. The maximum Gasteiger partial charge on any atom is 0.0688 e. The van der Waals surface area contributed by atoms with Gasteiger partial charge in [0, 0.05) is 15.7 Å². The van der Waals surface area contributed by atoms with Crippen LogP contribution in [-0.2, 0) is 0 Å². The van der Waals surface area contributed by atoms with Crippen LogP contribution in [0.15, 0.2) is 52.3 Å². The molecule has 0 fully saturated rings. The standard InChI is InChI=1S/C17H18OS2/c1-11-7-8-12(2)13(9-11)14(10-18)17-19-15-5-3-4-6-16(15)20-17/h3-9,14,17-18H,10H2,1-2H3/t14-/m0/s1. The minimum Gasteiger partial charge on any atom is -0.396 e. The van der Waals surface area contributed by atoms with Crippen molar-refractivity contribution in [2.75, 3.05) is 6.61 Å². The van der Waals surface area contributed by atoms with Crippen LogP contribution in [-0.4, -0.2) is 16.3 Å². The molecular weight excluding hydrogens is 284 g/mol. The minimum atomic E-state index is 0.178. The van der Waals surface area contributed by atoms with Crippen molar-refractivity contribution < 1.29 is 5.11 Å². The summed E-state index contributed by atoms with van der Waals surface area (Å²) in [4.78, 5) is 2.68. The number of fused-ring (bicyclic) bond motifs is 1. The summed E-state index contributed by atoms with van der Waals surface area (Å²) < 4.78 is 0.359. The number of benzene rings is 2. The Bertz CT molecular complexity index is 599. The average Bonchev–Trinajstić information content (AvgIpc) is 2.87. The van der Waals surface area contributed by atoms with Gasteiger partial charge in [-0.2, -0.15) is 0 Å². The molecule has 0 unspecified atom stereocenters. The summed E-state index contributed by atoms with van der Waals surface area (Å²) >= 11 is 3.76. The van der Waals surface area contributed by atoms with Gasteiger partial charge in [-0.15, -0.1) is 23.5 Å². The largest absolute Gasteiger partial charge is 0.396 e. The third kappa shape index (κ3) is 2.62. The lowest BCUT2D eigenvalue weighted by Gasteiger charge is -2.22. The van der Waals surface area contributed by atoms with Crippen molar-refractivity contribution >= 4 is 23.5 Å². The Balaban J connectivity index is 1.91. The number of rotatable bonds is 3. The van der Waals surface area contributed by atoms with Crippen molar-refractivity contribution in [2.24, 2.45) is 0 Å². The van der Waals surface area contributed by atoms with E-state index in [0.29, 0.717) is 4.58 Å². The first-order valence-electron chi connectivity index (χ1n) is 6.79. The lowest BCUT2D eigenvalue weighted by molar-refractivity contribution is 0.271. The maximum absolute atomic E-state index is 9.91. The molecule has 1 aliphatic heterocycles. The first kappa shape index (κ1) is 14.1. The third-order valence-corrected chi connectivity index (χ3v) is 6.74. The van der Waals surface area contributed by atoms with Gasteiger partial charge in [-0.1, -0.05) is 35.9 Å². The lowest BCUT2D eigenvalue weighted by Crippen LogP contribution is -2.15. The van der Waals surface area contributed by atoms with E-state index in [-0.39, 0.29) is 12.5 Å². The van der Waals surface area contributed by atoms with Crippen LogP contribution in [0.4, 0.5) is 0 Å². The lowest BCUT2D eigenvalue weighted by atomic mass is 9.95. The Kier molecular flexibility index (Phi) is 4.11. The van der Waals surface area contributed by atoms with Gasteiger partial charge in [0.25, 0.3) is 0 Å². The van der Waals surface area contributed by atoms with Crippen molar-refractivity contribution in [2.45, 2.75) is 34.1 Å². The van der Waals surface area contributed by atoms with Crippen LogP contribution in [0.3, 0.4) is 0 Å². The minimum absolute atomic E-state index is 0.178. The van der Waals surface area contributed by atoms with E-state index in [1.807, 2.05) is 23.5 Å². The summed E-state index contributed by atoms with van der Waals surface area (Å²) in [6, 6.07) is 15.0. The fourth-order valence-corrected chi connectivity index (χ4v) is 5.65. The predicted molar refractivity (Wildman–Crippen MR) is 87.7 cm³/mol. The summed E-state index contributed by atoms with van der Waals surface area (Å²) in [5.41, 5.74) is 3.81. The molecule has 0 radical (unpaired) electrons. The van der Waals surface area contributed by atoms with Gasteiger partial charge in [0.2, 0.25) is 0 Å². The van der Waals surface area contributed by atoms with Crippen LogP contribution in [0.1, 0.15) is 22.6 Å². The molecule has 20 heavy (non-hydrogen) atoms. The second-order valence-electron chi connectivity index (χ2n) is 5.20. The highest BCUT2D eigenvalue weighted by molar-refractivity contribution is 8.19. The summed E-state index contributed by atoms with van der Waals surface area (Å²) in [7, 11) is 0. The Labute approximate surface area is 128 Å². The highest BCUT2D eigenvalue weighted by Gasteiger charge is 2.31. The Morgan fingerprint density at radius 3 is 2.30 bits per heavy atom. The fourth-order valence-electron chi connectivity index (χ4n) is 2.57. The molecule has 0 bridgehead atoms. The molecule has 1 aliphatic rings. The van der Waals surface area contributed by atoms with Crippen LogP contribution in [0.5, 0.6) is 0 Å². The van der Waals surface area contributed by atoms with Crippen LogP contribution in [0.2, 0.25) is 0 Å². The topological polar surface area (TPSA) is 20.2 Å². The average molecular weight is 302 g/mol. The molecule has 1 atom stereocenters. The predicted octanol–water partition coefficient (Wildman–Crippen LogP) is 4.60. The number of thioether (sulfide) groups is 2. The smallest absolute Gasteiger partial charge is 0.0688 e. The number of aliphatic hydroxyl groups is 1. The number of hydrogen-bond acceptors (Lipinski definition) is 3. The summed E-state index contributed by atoms with van der Waals surface area (Å²) in [5.74, 6) is 0.178. The fraction of sp³-hybridized carbons (Fsp3) is 0.294. The normalized spacial score (nSPS) is 16.1. The zero-order valence-corrected chi connectivity index (χ0v) is 13.3. The second kappa shape index (κ2) is 5.84. The molecule has 3 rings (SSSR count). The summed E-state index contributed by atoms with van der Waals surface area (Å²) in [6.07, 6.45) is 0. The second-order valence-corrected chi connectivity index (χ2v) is 7.87. The zero-order valence-electron chi connectivity index (χ0n) is 11.7. The molecule has 0 amide bonds. The van der Waals surface area contributed by atoms with Crippen molar-refractivity contribution in [3.05, 3.63) is 59.2 Å². The molecule has 1 nitrogen and oxygen atoms in total. The van der Waals surface area contributed by atoms with Gasteiger partial charge in [0.05, 0.1) is 11.2 Å². The number of aryl methyl sites for hydroxylation is 2. The molecular formula is C17H18OS2.